The molecule has 2 rings (SSSR count). The largest absolute Gasteiger partial charge is 0.491 e. The molecule has 2 aromatic carbocycles. The molecule has 312 valence electrons. The van der Waals surface area contributed by atoms with Crippen LogP contribution < -0.4 is 24.8 Å². The number of hydrogen-bond donors (Lipinski definition) is 2. The van der Waals surface area contributed by atoms with Gasteiger partial charge in [-0.25, -0.2) is 24.0 Å². The third-order valence-corrected chi connectivity index (χ3v) is 6.81. The Morgan fingerprint density at radius 2 is 0.895 bits per heavy atom. The summed E-state index contributed by atoms with van der Waals surface area (Å²) in [6.45, 7) is 15.3. The van der Waals surface area contributed by atoms with E-state index in [1.165, 1.54) is 20.8 Å². The molecule has 2 unspecified atom stereocenters. The van der Waals surface area contributed by atoms with Gasteiger partial charge in [-0.05, 0) is 57.2 Å². The molecule has 0 saturated carbocycles. The van der Waals surface area contributed by atoms with Gasteiger partial charge < -0.3 is 58.0 Å². The van der Waals surface area contributed by atoms with Crippen molar-refractivity contribution in [1.82, 2.24) is 10.6 Å². The normalized spacial score (nSPS) is 11.4. The van der Waals surface area contributed by atoms with Crippen LogP contribution in [-0.2, 0) is 47.5 Å². The molecular formula is C40H52N2O15. The van der Waals surface area contributed by atoms with Crippen LogP contribution in [0.15, 0.2) is 91.1 Å². The van der Waals surface area contributed by atoms with E-state index in [9.17, 15) is 24.0 Å². The van der Waals surface area contributed by atoms with Crippen LogP contribution in [0.5, 0.6) is 17.2 Å². The summed E-state index contributed by atoms with van der Waals surface area (Å²) in [5.41, 5.74) is 0.662. The minimum atomic E-state index is -0.941. The van der Waals surface area contributed by atoms with Crippen molar-refractivity contribution in [2.45, 2.75) is 33.0 Å². The number of carbonyl (C=O) groups excluding carboxylic acids is 5. The lowest BCUT2D eigenvalue weighted by Gasteiger charge is -2.19. The lowest BCUT2D eigenvalue weighted by molar-refractivity contribution is -0.143. The summed E-state index contributed by atoms with van der Waals surface area (Å²) in [6, 6.07) is 15.9. The second-order valence-corrected chi connectivity index (χ2v) is 12.1. The SMILES string of the molecule is C=C(C)C(=O)OCCNC(=O)OC(COCCOc1ccc(OCCOCC(COc2ccccc2)OC(=O)NCCOC(=O)C(=C)C)cc1)COC(=O)C(=C)C. The van der Waals surface area contributed by atoms with Gasteiger partial charge in [0.05, 0.1) is 39.5 Å². The third kappa shape index (κ3) is 22.2. The number of nitrogens with one attached hydrogen (secondary N) is 2. The van der Waals surface area contributed by atoms with Gasteiger partial charge in [0, 0.05) is 16.7 Å². The topological polar surface area (TPSA) is 202 Å². The number of hydrogen-bond acceptors (Lipinski definition) is 15. The Bertz CT molecular complexity index is 1600. The van der Waals surface area contributed by atoms with Gasteiger partial charge in [0.1, 0.15) is 56.9 Å². The number of benzene rings is 2. The van der Waals surface area contributed by atoms with Crippen molar-refractivity contribution in [1.29, 1.82) is 0 Å². The Morgan fingerprint density at radius 1 is 0.491 bits per heavy atom. The van der Waals surface area contributed by atoms with Crippen LogP contribution in [-0.4, -0.2) is 121 Å². The quantitative estimate of drug-likeness (QED) is 0.0539. The summed E-state index contributed by atoms with van der Waals surface area (Å²) in [7, 11) is 0. The highest BCUT2D eigenvalue weighted by atomic mass is 16.6. The van der Waals surface area contributed by atoms with Gasteiger partial charge in [0.25, 0.3) is 0 Å². The first-order chi connectivity index (χ1) is 27.3. The first-order valence-corrected chi connectivity index (χ1v) is 17.9. The molecule has 2 N–H and O–H groups in total. The van der Waals surface area contributed by atoms with Crippen LogP contribution in [0.4, 0.5) is 9.59 Å². The highest BCUT2D eigenvalue weighted by Crippen LogP contribution is 2.17. The molecule has 0 heterocycles. The fourth-order valence-corrected chi connectivity index (χ4v) is 3.95. The zero-order valence-electron chi connectivity index (χ0n) is 32.6. The number of esters is 3. The minimum absolute atomic E-state index is 0.00788. The van der Waals surface area contributed by atoms with Crippen molar-refractivity contribution >= 4 is 30.1 Å². The summed E-state index contributed by atoms with van der Waals surface area (Å²) in [5.74, 6) is -0.0851. The fraction of sp³-hybridized carbons (Fsp3) is 0.425. The van der Waals surface area contributed by atoms with E-state index in [1.807, 2.05) is 18.2 Å². The highest BCUT2D eigenvalue weighted by Gasteiger charge is 2.19. The van der Waals surface area contributed by atoms with Crippen molar-refractivity contribution in [3.8, 4) is 17.2 Å². The zero-order chi connectivity index (χ0) is 41.8. The van der Waals surface area contributed by atoms with Crippen LogP contribution in [0.25, 0.3) is 0 Å². The minimum Gasteiger partial charge on any atom is -0.491 e. The zero-order valence-corrected chi connectivity index (χ0v) is 32.6. The molecule has 0 saturated heterocycles. The van der Waals surface area contributed by atoms with E-state index in [4.69, 9.17) is 47.4 Å². The number of para-hydroxylation sites is 1. The van der Waals surface area contributed by atoms with E-state index in [1.54, 1.807) is 36.4 Å². The molecule has 2 amide bonds. The average Bonchev–Trinajstić information content (AvgIpc) is 3.19. The molecule has 17 heteroatoms. The van der Waals surface area contributed by atoms with Crippen LogP contribution in [0.2, 0.25) is 0 Å². The van der Waals surface area contributed by atoms with E-state index < -0.39 is 42.3 Å². The summed E-state index contributed by atoms with van der Waals surface area (Å²) in [4.78, 5) is 59.4. The van der Waals surface area contributed by atoms with E-state index in [2.05, 4.69) is 30.4 Å². The van der Waals surface area contributed by atoms with Crippen molar-refractivity contribution < 1.29 is 71.3 Å². The maximum Gasteiger partial charge on any atom is 0.407 e. The van der Waals surface area contributed by atoms with Gasteiger partial charge in [0.2, 0.25) is 0 Å². The van der Waals surface area contributed by atoms with Gasteiger partial charge in [0.15, 0.2) is 12.2 Å². The molecule has 0 bridgehead atoms. The molecular weight excluding hydrogens is 748 g/mol. The second kappa shape index (κ2) is 27.5. The van der Waals surface area contributed by atoms with Crippen molar-refractivity contribution in [2.75, 3.05) is 79.2 Å². The number of rotatable bonds is 28. The summed E-state index contributed by atoms with van der Waals surface area (Å²) < 4.78 is 54.2. The molecule has 0 aliphatic heterocycles. The molecule has 17 nitrogen and oxygen atoms in total. The van der Waals surface area contributed by atoms with E-state index in [0.717, 1.165) is 0 Å². The summed E-state index contributed by atoms with van der Waals surface area (Å²) in [6.07, 6.45) is -3.24. The van der Waals surface area contributed by atoms with E-state index >= 15 is 0 Å². The van der Waals surface area contributed by atoms with Crippen LogP contribution in [0.1, 0.15) is 20.8 Å². The van der Waals surface area contributed by atoms with Crippen LogP contribution in [0, 0.1) is 0 Å². The molecule has 57 heavy (non-hydrogen) atoms. The Hall–Kier alpha value is -6.07. The van der Waals surface area contributed by atoms with Gasteiger partial charge in [-0.2, -0.15) is 0 Å². The predicted molar refractivity (Wildman–Crippen MR) is 205 cm³/mol. The van der Waals surface area contributed by atoms with Gasteiger partial charge in [-0.15, -0.1) is 0 Å². The molecule has 0 aromatic heterocycles. The first kappa shape index (κ1) is 47.1. The Labute approximate surface area is 332 Å². The molecule has 0 spiro atoms. The third-order valence-electron chi connectivity index (χ3n) is 6.81. The van der Waals surface area contributed by atoms with Gasteiger partial charge in [-0.3, -0.25) is 0 Å². The Kier molecular flexibility index (Phi) is 22.7. The lowest BCUT2D eigenvalue weighted by atomic mass is 10.3. The van der Waals surface area contributed by atoms with E-state index in [0.29, 0.717) is 17.2 Å². The summed E-state index contributed by atoms with van der Waals surface area (Å²) in [5, 5.41) is 4.95. The first-order valence-electron chi connectivity index (χ1n) is 17.9. The second-order valence-electron chi connectivity index (χ2n) is 12.1. The number of amides is 2. The average molecular weight is 801 g/mol. The highest BCUT2D eigenvalue weighted by molar-refractivity contribution is 5.87. The maximum absolute atomic E-state index is 12.3. The molecule has 2 atom stereocenters. The molecule has 0 aliphatic carbocycles. The van der Waals surface area contributed by atoms with Crippen molar-refractivity contribution in [2.24, 2.45) is 0 Å². The maximum atomic E-state index is 12.3. The number of alkyl carbamates (subject to hydrolysis) is 2. The fourth-order valence-electron chi connectivity index (χ4n) is 3.95. The van der Waals surface area contributed by atoms with E-state index in [-0.39, 0.29) is 95.9 Å². The molecule has 0 aliphatic rings. The predicted octanol–water partition coefficient (Wildman–Crippen LogP) is 4.10. The monoisotopic (exact) mass is 800 g/mol. The van der Waals surface area contributed by atoms with Gasteiger partial charge in [-0.1, -0.05) is 37.9 Å². The molecule has 0 radical (unpaired) electrons. The molecule has 2 aromatic rings. The van der Waals surface area contributed by atoms with Crippen molar-refractivity contribution in [3.63, 3.8) is 0 Å². The lowest BCUT2D eigenvalue weighted by Crippen LogP contribution is -2.36. The van der Waals surface area contributed by atoms with Gasteiger partial charge >= 0.3 is 30.1 Å². The van der Waals surface area contributed by atoms with Crippen LogP contribution >= 0.6 is 0 Å². The van der Waals surface area contributed by atoms with Crippen molar-refractivity contribution in [3.05, 3.63) is 91.1 Å². The smallest absolute Gasteiger partial charge is 0.407 e. The van der Waals surface area contributed by atoms with Crippen LogP contribution in [0.3, 0.4) is 0 Å². The Balaban J connectivity index is 1.72. The number of carbonyl (C=O) groups is 5. The summed E-state index contributed by atoms with van der Waals surface area (Å²) >= 11 is 0. The standard InChI is InChI=1S/C40H52N2O15/c1-28(2)36(43)52-18-16-41-39(46)56-34(26-54-31-10-8-7-9-11-31)24-48-20-22-50-32-12-14-33(15-13-32)51-23-21-49-25-35(27-55-38(45)30(5)6)57-40(47)42-17-19-53-37(44)29(3)4/h7-15,34-35H,1,3,5,16-27H2,2,4,6H3,(H,41,46)(H,42,47). The Morgan fingerprint density at radius 3 is 1.33 bits per heavy atom. The number of ether oxygens (including phenoxy) is 10. The molecule has 0 fully saturated rings.